The Morgan fingerprint density at radius 3 is 2.23 bits per heavy atom. The summed E-state index contributed by atoms with van der Waals surface area (Å²) >= 11 is 0. The van der Waals surface area contributed by atoms with Crippen molar-refractivity contribution in [3.05, 3.63) is 47.5 Å². The Kier molecular flexibility index (Phi) is 7.59. The van der Waals surface area contributed by atoms with E-state index in [1.165, 1.54) is 93.4 Å². The highest BCUT2D eigenvalue weighted by atomic mass is 14.3. The van der Waals surface area contributed by atoms with Crippen LogP contribution in [0.2, 0.25) is 0 Å². The minimum absolute atomic E-state index is 0.797. The SMILES string of the molecule is CCCCCCC1CCC(c2ccc3cc(CCCC)ccc3c2)CC1. The average molecular weight is 351 g/mol. The molecule has 2 aromatic carbocycles. The molecule has 0 nitrogen and oxygen atoms in total. The minimum Gasteiger partial charge on any atom is -0.0654 e. The third-order valence-corrected chi connectivity index (χ3v) is 6.53. The normalized spacial score (nSPS) is 20.5. The van der Waals surface area contributed by atoms with Crippen LogP contribution in [0.15, 0.2) is 36.4 Å². The van der Waals surface area contributed by atoms with E-state index in [9.17, 15) is 0 Å². The van der Waals surface area contributed by atoms with Gasteiger partial charge >= 0.3 is 0 Å². The maximum absolute atomic E-state index is 2.48. The summed E-state index contributed by atoms with van der Waals surface area (Å²) in [5.74, 6) is 1.80. The van der Waals surface area contributed by atoms with Gasteiger partial charge in [0, 0.05) is 0 Å². The van der Waals surface area contributed by atoms with E-state index in [0.717, 1.165) is 11.8 Å². The number of unbranched alkanes of at least 4 members (excludes halogenated alkanes) is 4. The van der Waals surface area contributed by atoms with Crippen LogP contribution in [0.1, 0.15) is 102 Å². The topological polar surface area (TPSA) is 0 Å². The molecule has 0 saturated heterocycles. The summed E-state index contributed by atoms with van der Waals surface area (Å²) in [5.41, 5.74) is 3.08. The van der Waals surface area contributed by atoms with Crippen LogP contribution in [-0.4, -0.2) is 0 Å². The molecular weight excluding hydrogens is 312 g/mol. The molecule has 1 aliphatic rings. The predicted molar refractivity (Wildman–Crippen MR) is 116 cm³/mol. The fourth-order valence-electron chi connectivity index (χ4n) is 4.75. The Balaban J connectivity index is 1.55. The van der Waals surface area contributed by atoms with Crippen LogP contribution < -0.4 is 0 Å². The van der Waals surface area contributed by atoms with Gasteiger partial charge in [0.2, 0.25) is 0 Å². The molecule has 142 valence electrons. The van der Waals surface area contributed by atoms with Gasteiger partial charge in [-0.25, -0.2) is 0 Å². The first kappa shape index (κ1) is 19.5. The van der Waals surface area contributed by atoms with Gasteiger partial charge in [-0.15, -0.1) is 0 Å². The lowest BCUT2D eigenvalue weighted by atomic mass is 9.76. The van der Waals surface area contributed by atoms with E-state index in [4.69, 9.17) is 0 Å². The second kappa shape index (κ2) is 10.1. The first-order chi connectivity index (χ1) is 12.8. The van der Waals surface area contributed by atoms with Crippen molar-refractivity contribution < 1.29 is 0 Å². The Labute approximate surface area is 161 Å². The lowest BCUT2D eigenvalue weighted by Gasteiger charge is -2.29. The molecule has 0 amide bonds. The van der Waals surface area contributed by atoms with Gasteiger partial charge in [0.05, 0.1) is 0 Å². The van der Waals surface area contributed by atoms with Crippen LogP contribution in [0.3, 0.4) is 0 Å². The Morgan fingerprint density at radius 2 is 1.46 bits per heavy atom. The van der Waals surface area contributed by atoms with E-state index in [-0.39, 0.29) is 0 Å². The lowest BCUT2D eigenvalue weighted by molar-refractivity contribution is 0.302. The molecule has 1 fully saturated rings. The van der Waals surface area contributed by atoms with Crippen LogP contribution in [-0.2, 0) is 6.42 Å². The van der Waals surface area contributed by atoms with E-state index in [2.05, 4.69) is 50.2 Å². The van der Waals surface area contributed by atoms with Gasteiger partial charge in [-0.2, -0.15) is 0 Å². The highest BCUT2D eigenvalue weighted by Gasteiger charge is 2.22. The van der Waals surface area contributed by atoms with Gasteiger partial charge in [-0.05, 0) is 72.3 Å². The van der Waals surface area contributed by atoms with Crippen LogP contribution in [0.25, 0.3) is 10.8 Å². The summed E-state index contributed by atoms with van der Waals surface area (Å²) in [6, 6.07) is 14.4. The lowest BCUT2D eigenvalue weighted by Crippen LogP contribution is -2.13. The van der Waals surface area contributed by atoms with Crippen molar-refractivity contribution >= 4 is 10.8 Å². The molecule has 0 aliphatic heterocycles. The maximum Gasteiger partial charge on any atom is -0.0162 e. The number of fused-ring (bicyclic) bond motifs is 1. The Bertz CT molecular complexity index is 661. The van der Waals surface area contributed by atoms with Gasteiger partial charge < -0.3 is 0 Å². The monoisotopic (exact) mass is 350 g/mol. The van der Waals surface area contributed by atoms with Gasteiger partial charge in [-0.3, -0.25) is 0 Å². The summed E-state index contributed by atoms with van der Waals surface area (Å²) in [6.07, 6.45) is 16.7. The summed E-state index contributed by atoms with van der Waals surface area (Å²) in [7, 11) is 0. The second-order valence-corrected chi connectivity index (χ2v) is 8.61. The van der Waals surface area contributed by atoms with Crippen LogP contribution in [0.4, 0.5) is 0 Å². The molecule has 0 heteroatoms. The van der Waals surface area contributed by atoms with Gasteiger partial charge in [0.1, 0.15) is 0 Å². The highest BCUT2D eigenvalue weighted by Crippen LogP contribution is 2.38. The third-order valence-electron chi connectivity index (χ3n) is 6.53. The maximum atomic E-state index is 2.48. The third kappa shape index (κ3) is 5.35. The number of aryl methyl sites for hydroxylation is 1. The smallest absolute Gasteiger partial charge is 0.0162 e. The van der Waals surface area contributed by atoms with E-state index in [0.29, 0.717) is 0 Å². The molecule has 3 rings (SSSR count). The highest BCUT2D eigenvalue weighted by molar-refractivity contribution is 5.84. The average Bonchev–Trinajstić information content (AvgIpc) is 2.69. The predicted octanol–water partition coefficient (Wildman–Crippen LogP) is 8.43. The van der Waals surface area contributed by atoms with Crippen molar-refractivity contribution in [2.75, 3.05) is 0 Å². The molecule has 0 unspecified atom stereocenters. The van der Waals surface area contributed by atoms with E-state index >= 15 is 0 Å². The zero-order chi connectivity index (χ0) is 18.2. The molecule has 0 bridgehead atoms. The second-order valence-electron chi connectivity index (χ2n) is 8.61. The van der Waals surface area contributed by atoms with Crippen LogP contribution >= 0.6 is 0 Å². The van der Waals surface area contributed by atoms with Crippen molar-refractivity contribution in [3.63, 3.8) is 0 Å². The molecule has 0 spiro atoms. The Morgan fingerprint density at radius 1 is 0.731 bits per heavy atom. The van der Waals surface area contributed by atoms with Crippen molar-refractivity contribution in [1.82, 2.24) is 0 Å². The molecule has 26 heavy (non-hydrogen) atoms. The standard InChI is InChI=1S/C26H38/c1-3-5-7-8-10-21-11-14-23(15-12-21)25-18-17-24-19-22(9-6-4-2)13-16-26(24)20-25/h13,16-21,23H,3-12,14-15H2,1-2H3. The first-order valence-electron chi connectivity index (χ1n) is 11.3. The fourth-order valence-corrected chi connectivity index (χ4v) is 4.75. The number of hydrogen-bond acceptors (Lipinski definition) is 0. The summed E-state index contributed by atoms with van der Waals surface area (Å²) in [5, 5.41) is 2.86. The van der Waals surface area contributed by atoms with Gasteiger partial charge in [-0.1, -0.05) is 88.8 Å². The summed E-state index contributed by atoms with van der Waals surface area (Å²) < 4.78 is 0. The molecule has 0 N–H and O–H groups in total. The first-order valence-corrected chi connectivity index (χ1v) is 11.3. The molecule has 0 radical (unpaired) electrons. The van der Waals surface area contributed by atoms with Crippen molar-refractivity contribution in [2.45, 2.75) is 96.8 Å². The van der Waals surface area contributed by atoms with Gasteiger partial charge in [0.25, 0.3) is 0 Å². The molecule has 1 aliphatic carbocycles. The van der Waals surface area contributed by atoms with Crippen molar-refractivity contribution in [2.24, 2.45) is 5.92 Å². The molecular formula is C26H38. The summed E-state index contributed by atoms with van der Waals surface area (Å²) in [4.78, 5) is 0. The van der Waals surface area contributed by atoms with Gasteiger partial charge in [0.15, 0.2) is 0 Å². The summed E-state index contributed by atoms with van der Waals surface area (Å²) in [6.45, 7) is 4.58. The van der Waals surface area contributed by atoms with Crippen molar-refractivity contribution in [3.8, 4) is 0 Å². The van der Waals surface area contributed by atoms with Crippen LogP contribution in [0.5, 0.6) is 0 Å². The minimum atomic E-state index is 0.797. The van der Waals surface area contributed by atoms with Crippen molar-refractivity contribution in [1.29, 1.82) is 0 Å². The largest absolute Gasteiger partial charge is 0.0654 e. The fraction of sp³-hybridized carbons (Fsp3) is 0.615. The molecule has 0 aromatic heterocycles. The van der Waals surface area contributed by atoms with E-state index in [1.807, 2.05) is 0 Å². The molecule has 0 atom stereocenters. The number of hydrogen-bond donors (Lipinski definition) is 0. The number of benzene rings is 2. The zero-order valence-electron chi connectivity index (χ0n) is 17.1. The van der Waals surface area contributed by atoms with E-state index < -0.39 is 0 Å². The molecule has 1 saturated carbocycles. The number of rotatable bonds is 9. The zero-order valence-corrected chi connectivity index (χ0v) is 17.1. The Hall–Kier alpha value is -1.30. The molecule has 0 heterocycles. The quantitative estimate of drug-likeness (QED) is 0.398. The molecule has 2 aromatic rings. The van der Waals surface area contributed by atoms with Crippen LogP contribution in [0, 0.1) is 5.92 Å². The van der Waals surface area contributed by atoms with E-state index in [1.54, 1.807) is 5.56 Å².